The normalized spacial score (nSPS) is 12.2. The zero-order valence-corrected chi connectivity index (χ0v) is 12.8. The third kappa shape index (κ3) is 2.54. The molecule has 1 unspecified atom stereocenters. The second-order valence-corrected chi connectivity index (χ2v) is 5.06. The van der Waals surface area contributed by atoms with E-state index in [-0.39, 0.29) is 6.04 Å². The summed E-state index contributed by atoms with van der Waals surface area (Å²) in [7, 11) is 3.68. The lowest BCUT2D eigenvalue weighted by Gasteiger charge is -2.22. The molecule has 1 atom stereocenters. The molecule has 2 rings (SSSR count). The molecule has 20 heavy (non-hydrogen) atoms. The summed E-state index contributed by atoms with van der Waals surface area (Å²) < 4.78 is 5.63. The molecule has 0 saturated carbocycles. The van der Waals surface area contributed by atoms with Crippen molar-refractivity contribution in [2.75, 3.05) is 14.2 Å². The van der Waals surface area contributed by atoms with E-state index in [0.717, 1.165) is 17.0 Å². The number of nitrogens with one attached hydrogen (secondary N) is 1. The molecule has 0 spiro atoms. The Kier molecular flexibility index (Phi) is 4.40. The van der Waals surface area contributed by atoms with Gasteiger partial charge in [0.05, 0.1) is 18.8 Å². The largest absolute Gasteiger partial charge is 0.496 e. The molecule has 0 bridgehead atoms. The number of benzene rings is 1. The summed E-state index contributed by atoms with van der Waals surface area (Å²) in [6, 6.07) is 8.33. The van der Waals surface area contributed by atoms with Gasteiger partial charge in [-0.05, 0) is 50.6 Å². The van der Waals surface area contributed by atoms with Crippen molar-refractivity contribution in [1.29, 1.82) is 0 Å². The van der Waals surface area contributed by atoms with Gasteiger partial charge in [0.25, 0.3) is 0 Å². The van der Waals surface area contributed by atoms with Crippen LogP contribution in [0.4, 0.5) is 0 Å². The van der Waals surface area contributed by atoms with Crippen molar-refractivity contribution in [2.45, 2.75) is 26.8 Å². The zero-order chi connectivity index (χ0) is 14.7. The molecular weight excluding hydrogens is 248 g/mol. The van der Waals surface area contributed by atoms with Crippen LogP contribution in [0.3, 0.4) is 0 Å². The Balaban J connectivity index is 2.59. The molecule has 1 aromatic heterocycles. The zero-order valence-electron chi connectivity index (χ0n) is 12.8. The maximum absolute atomic E-state index is 5.63. The highest BCUT2D eigenvalue weighted by Gasteiger charge is 2.21. The fourth-order valence-electron chi connectivity index (χ4n) is 2.55. The van der Waals surface area contributed by atoms with Gasteiger partial charge in [0.1, 0.15) is 5.75 Å². The molecule has 1 N–H and O–H groups in total. The maximum atomic E-state index is 5.63. The summed E-state index contributed by atoms with van der Waals surface area (Å²) in [5.41, 5.74) is 5.75. The van der Waals surface area contributed by atoms with Crippen LogP contribution in [0.25, 0.3) is 0 Å². The summed E-state index contributed by atoms with van der Waals surface area (Å²) in [5.74, 6) is 0.939. The number of hydrogen-bond donors (Lipinski definition) is 1. The first-order chi connectivity index (χ1) is 9.60. The van der Waals surface area contributed by atoms with Gasteiger partial charge in [0.2, 0.25) is 0 Å². The maximum Gasteiger partial charge on any atom is 0.127 e. The highest BCUT2D eigenvalue weighted by atomic mass is 16.5. The Bertz CT molecular complexity index is 608. The number of rotatable bonds is 4. The number of aryl methyl sites for hydroxylation is 2. The quantitative estimate of drug-likeness (QED) is 0.925. The number of aromatic nitrogens is 1. The third-order valence-corrected chi connectivity index (χ3v) is 3.83. The Labute approximate surface area is 121 Å². The lowest BCUT2D eigenvalue weighted by molar-refractivity contribution is 0.401. The monoisotopic (exact) mass is 270 g/mol. The average Bonchev–Trinajstić information content (AvgIpc) is 2.45. The Morgan fingerprint density at radius 2 is 1.85 bits per heavy atom. The number of methoxy groups -OCH3 is 1. The van der Waals surface area contributed by atoms with Crippen molar-refractivity contribution in [2.24, 2.45) is 0 Å². The number of ether oxygens (including phenoxy) is 1. The Hall–Kier alpha value is -1.87. The van der Waals surface area contributed by atoms with Gasteiger partial charge < -0.3 is 10.1 Å². The van der Waals surface area contributed by atoms with E-state index in [9.17, 15) is 0 Å². The fraction of sp³-hybridized carbons (Fsp3) is 0.353. The summed E-state index contributed by atoms with van der Waals surface area (Å²) in [4.78, 5) is 4.54. The van der Waals surface area contributed by atoms with Crippen LogP contribution in [-0.2, 0) is 0 Å². The van der Waals surface area contributed by atoms with E-state index in [1.807, 2.05) is 19.3 Å². The number of pyridine rings is 1. The standard InChI is InChI=1S/C17H22N2O/c1-11-8-9-14(17(20-5)13(11)3)16(18-4)15-12(2)7-6-10-19-15/h6-10,16,18H,1-5H3. The van der Waals surface area contributed by atoms with Gasteiger partial charge in [-0.1, -0.05) is 18.2 Å². The van der Waals surface area contributed by atoms with Gasteiger partial charge >= 0.3 is 0 Å². The topological polar surface area (TPSA) is 34.1 Å². The molecule has 0 saturated heterocycles. The molecule has 0 aliphatic carbocycles. The van der Waals surface area contributed by atoms with Crippen LogP contribution in [-0.4, -0.2) is 19.1 Å². The van der Waals surface area contributed by atoms with Gasteiger partial charge in [-0.15, -0.1) is 0 Å². The van der Waals surface area contributed by atoms with E-state index in [0.29, 0.717) is 0 Å². The highest BCUT2D eigenvalue weighted by molar-refractivity contribution is 5.49. The highest BCUT2D eigenvalue weighted by Crippen LogP contribution is 2.34. The summed E-state index contributed by atoms with van der Waals surface area (Å²) in [6.45, 7) is 6.28. The molecule has 0 fully saturated rings. The smallest absolute Gasteiger partial charge is 0.127 e. The van der Waals surface area contributed by atoms with E-state index in [1.54, 1.807) is 7.11 Å². The van der Waals surface area contributed by atoms with Crippen LogP contribution in [0.1, 0.15) is 34.0 Å². The molecule has 1 aromatic carbocycles. The Morgan fingerprint density at radius 3 is 2.45 bits per heavy atom. The van der Waals surface area contributed by atoms with E-state index in [2.05, 4.69) is 49.3 Å². The van der Waals surface area contributed by atoms with Crippen molar-refractivity contribution < 1.29 is 4.74 Å². The van der Waals surface area contributed by atoms with Crippen molar-refractivity contribution in [1.82, 2.24) is 10.3 Å². The molecule has 3 heteroatoms. The van der Waals surface area contributed by atoms with Crippen LogP contribution in [0.5, 0.6) is 5.75 Å². The van der Waals surface area contributed by atoms with E-state index < -0.39 is 0 Å². The molecule has 106 valence electrons. The van der Waals surface area contributed by atoms with Crippen LogP contribution >= 0.6 is 0 Å². The van der Waals surface area contributed by atoms with Crippen LogP contribution in [0.15, 0.2) is 30.5 Å². The van der Waals surface area contributed by atoms with Gasteiger partial charge in [-0.2, -0.15) is 0 Å². The van der Waals surface area contributed by atoms with Crippen molar-refractivity contribution in [3.05, 3.63) is 58.4 Å². The molecule has 0 amide bonds. The fourth-order valence-corrected chi connectivity index (χ4v) is 2.55. The van der Waals surface area contributed by atoms with E-state index in [4.69, 9.17) is 4.74 Å². The lowest BCUT2D eigenvalue weighted by atomic mass is 9.95. The molecule has 0 aliphatic rings. The first kappa shape index (κ1) is 14.5. The van der Waals surface area contributed by atoms with E-state index in [1.165, 1.54) is 16.7 Å². The number of hydrogen-bond acceptors (Lipinski definition) is 3. The summed E-state index contributed by atoms with van der Waals surface area (Å²) in [6.07, 6.45) is 1.83. The minimum Gasteiger partial charge on any atom is -0.496 e. The molecule has 0 aliphatic heterocycles. The van der Waals surface area contributed by atoms with Gasteiger partial charge in [0, 0.05) is 11.8 Å². The lowest BCUT2D eigenvalue weighted by Crippen LogP contribution is -2.21. The van der Waals surface area contributed by atoms with Crippen molar-refractivity contribution >= 4 is 0 Å². The molecule has 3 nitrogen and oxygen atoms in total. The van der Waals surface area contributed by atoms with Crippen molar-refractivity contribution in [3.63, 3.8) is 0 Å². The van der Waals surface area contributed by atoms with Crippen molar-refractivity contribution in [3.8, 4) is 5.75 Å². The first-order valence-corrected chi connectivity index (χ1v) is 6.83. The average molecular weight is 270 g/mol. The van der Waals surface area contributed by atoms with Gasteiger partial charge in [0.15, 0.2) is 0 Å². The SMILES string of the molecule is CNC(c1ccc(C)c(C)c1OC)c1ncccc1C. The van der Waals surface area contributed by atoms with Gasteiger partial charge in [-0.25, -0.2) is 0 Å². The molecule has 0 radical (unpaired) electrons. The second kappa shape index (κ2) is 6.06. The van der Waals surface area contributed by atoms with Crippen LogP contribution in [0, 0.1) is 20.8 Å². The van der Waals surface area contributed by atoms with E-state index >= 15 is 0 Å². The molecular formula is C17H22N2O. The van der Waals surface area contributed by atoms with Gasteiger partial charge in [-0.3, -0.25) is 4.98 Å². The number of nitrogens with zero attached hydrogens (tertiary/aromatic N) is 1. The predicted molar refractivity (Wildman–Crippen MR) is 82.3 cm³/mol. The minimum absolute atomic E-state index is 0.0328. The molecule has 2 aromatic rings. The van der Waals surface area contributed by atoms with Crippen LogP contribution in [0.2, 0.25) is 0 Å². The second-order valence-electron chi connectivity index (χ2n) is 5.06. The molecule has 1 heterocycles. The first-order valence-electron chi connectivity index (χ1n) is 6.83. The predicted octanol–water partition coefficient (Wildman–Crippen LogP) is 3.32. The van der Waals surface area contributed by atoms with Crippen LogP contribution < -0.4 is 10.1 Å². The third-order valence-electron chi connectivity index (χ3n) is 3.83. The Morgan fingerprint density at radius 1 is 1.10 bits per heavy atom. The summed E-state index contributed by atoms with van der Waals surface area (Å²) >= 11 is 0. The summed E-state index contributed by atoms with van der Waals surface area (Å²) in [5, 5.41) is 3.35. The minimum atomic E-state index is 0.0328.